The second-order valence-corrected chi connectivity index (χ2v) is 15.1. The topological polar surface area (TPSA) is 63.2 Å². The Morgan fingerprint density at radius 1 is 0.889 bits per heavy atom. The third-order valence-corrected chi connectivity index (χ3v) is 12.0. The first-order valence-electron chi connectivity index (χ1n) is 12.2. The summed E-state index contributed by atoms with van der Waals surface area (Å²) >= 11 is 0. The van der Waals surface area contributed by atoms with E-state index in [4.69, 9.17) is 23.4 Å². The first kappa shape index (κ1) is 26.5. The predicted molar refractivity (Wildman–Crippen MR) is 142 cm³/mol. The monoisotopic (exact) mass is 508 g/mol. The second kappa shape index (κ2) is 9.39. The molecule has 0 saturated carbocycles. The molecule has 1 saturated heterocycles. The van der Waals surface area contributed by atoms with E-state index in [1.54, 1.807) is 26.0 Å². The Hall–Kier alpha value is -2.55. The van der Waals surface area contributed by atoms with Crippen molar-refractivity contribution in [2.45, 2.75) is 56.8 Å². The van der Waals surface area contributed by atoms with E-state index in [-0.39, 0.29) is 5.04 Å². The summed E-state index contributed by atoms with van der Waals surface area (Å²) in [7, 11) is 0.261. The summed E-state index contributed by atoms with van der Waals surface area (Å²) in [6, 6.07) is 20.9. The van der Waals surface area contributed by atoms with Gasteiger partial charge in [-0.15, -0.1) is 0 Å². The van der Waals surface area contributed by atoms with Crippen molar-refractivity contribution in [3.05, 3.63) is 84.5 Å². The molecule has 0 N–H and O–H groups in total. The van der Waals surface area contributed by atoms with Crippen molar-refractivity contribution in [3.8, 4) is 0 Å². The number of carbonyl (C=O) groups is 1. The van der Waals surface area contributed by atoms with Gasteiger partial charge in [0.05, 0.1) is 6.61 Å². The molecule has 4 rings (SSSR count). The summed E-state index contributed by atoms with van der Waals surface area (Å²) in [5.74, 6) is -3.47. The van der Waals surface area contributed by atoms with Gasteiger partial charge in [-0.3, -0.25) is 0 Å². The van der Waals surface area contributed by atoms with Crippen LogP contribution in [-0.4, -0.2) is 52.3 Å². The third kappa shape index (κ3) is 4.19. The van der Waals surface area contributed by atoms with Crippen LogP contribution >= 0.6 is 0 Å². The van der Waals surface area contributed by atoms with E-state index in [0.717, 1.165) is 5.57 Å². The van der Waals surface area contributed by atoms with Crippen molar-refractivity contribution in [2.24, 2.45) is 0 Å². The van der Waals surface area contributed by atoms with Crippen molar-refractivity contribution >= 4 is 24.7 Å². The zero-order valence-corrected chi connectivity index (χ0v) is 23.2. The normalized spacial score (nSPS) is 23.0. The molecule has 2 aromatic carbocycles. The fourth-order valence-corrected chi connectivity index (χ4v) is 9.71. The molecule has 1 fully saturated rings. The molecule has 0 bridgehead atoms. The molecule has 192 valence electrons. The highest BCUT2D eigenvalue weighted by Crippen LogP contribution is 2.46. The van der Waals surface area contributed by atoms with Gasteiger partial charge in [-0.1, -0.05) is 87.5 Å². The molecular formula is C29H36O6Si. The summed E-state index contributed by atoms with van der Waals surface area (Å²) in [6.07, 6.45) is 5.35. The lowest BCUT2D eigenvalue weighted by atomic mass is 9.95. The molecule has 1 aliphatic heterocycles. The summed E-state index contributed by atoms with van der Waals surface area (Å²) in [4.78, 5) is 12.5. The largest absolute Gasteiger partial charge is 0.421 e. The molecular weight excluding hydrogens is 472 g/mol. The quantitative estimate of drug-likeness (QED) is 0.319. The zero-order valence-electron chi connectivity index (χ0n) is 22.2. The molecule has 1 spiro atoms. The molecule has 0 amide bonds. The van der Waals surface area contributed by atoms with Gasteiger partial charge in [0.15, 0.2) is 5.60 Å². The van der Waals surface area contributed by atoms with Crippen LogP contribution < -0.4 is 10.4 Å². The van der Waals surface area contributed by atoms with Crippen LogP contribution in [0.3, 0.4) is 0 Å². The van der Waals surface area contributed by atoms with Gasteiger partial charge in [0, 0.05) is 14.2 Å². The van der Waals surface area contributed by atoms with E-state index in [1.807, 2.05) is 18.2 Å². The fourth-order valence-electron chi connectivity index (χ4n) is 5.17. The summed E-state index contributed by atoms with van der Waals surface area (Å²) in [5.41, 5.74) is -0.301. The van der Waals surface area contributed by atoms with Crippen molar-refractivity contribution in [1.82, 2.24) is 0 Å². The maximum atomic E-state index is 12.5. The Morgan fingerprint density at radius 3 is 1.83 bits per heavy atom. The minimum atomic E-state index is -2.75. The third-order valence-electron chi connectivity index (χ3n) is 7.00. The average molecular weight is 509 g/mol. The Kier molecular flexibility index (Phi) is 6.92. The average Bonchev–Trinajstić information content (AvgIpc) is 3.09. The maximum absolute atomic E-state index is 12.5. The zero-order chi connectivity index (χ0) is 26.2. The number of hydrogen-bond acceptors (Lipinski definition) is 6. The van der Waals surface area contributed by atoms with Crippen LogP contribution in [0.5, 0.6) is 0 Å². The lowest BCUT2D eigenvalue weighted by Crippen LogP contribution is -2.66. The molecule has 0 aromatic heterocycles. The van der Waals surface area contributed by atoms with Gasteiger partial charge in [-0.25, -0.2) is 4.79 Å². The van der Waals surface area contributed by atoms with Crippen molar-refractivity contribution in [1.29, 1.82) is 0 Å². The number of rotatable bonds is 7. The molecule has 1 atom stereocenters. The van der Waals surface area contributed by atoms with Gasteiger partial charge in [-0.2, -0.15) is 0 Å². The van der Waals surface area contributed by atoms with E-state index < -0.39 is 31.5 Å². The highest BCUT2D eigenvalue weighted by Gasteiger charge is 2.65. The number of methoxy groups -OCH3 is 2. The minimum absolute atomic E-state index is 0.163. The van der Waals surface area contributed by atoms with Crippen LogP contribution in [0.25, 0.3) is 0 Å². The highest BCUT2D eigenvalue weighted by molar-refractivity contribution is 6.99. The van der Waals surface area contributed by atoms with Crippen molar-refractivity contribution < 1.29 is 28.2 Å². The first-order valence-corrected chi connectivity index (χ1v) is 14.1. The van der Waals surface area contributed by atoms with Crippen LogP contribution in [0.15, 0.2) is 84.5 Å². The van der Waals surface area contributed by atoms with Gasteiger partial charge in [-0.05, 0) is 47.0 Å². The van der Waals surface area contributed by atoms with Crippen LogP contribution in [0.2, 0.25) is 5.04 Å². The summed E-state index contributed by atoms with van der Waals surface area (Å²) < 4.78 is 30.5. The lowest BCUT2D eigenvalue weighted by molar-refractivity contribution is -0.330. The molecule has 7 heteroatoms. The number of esters is 1. The second-order valence-electron chi connectivity index (χ2n) is 10.7. The number of benzene rings is 2. The van der Waals surface area contributed by atoms with Gasteiger partial charge >= 0.3 is 5.97 Å². The van der Waals surface area contributed by atoms with E-state index in [0.29, 0.717) is 6.61 Å². The van der Waals surface area contributed by atoms with E-state index in [2.05, 4.69) is 69.3 Å². The minimum Gasteiger partial charge on any atom is -0.421 e. The highest BCUT2D eigenvalue weighted by atomic mass is 28.4. The van der Waals surface area contributed by atoms with E-state index in [1.165, 1.54) is 24.6 Å². The molecule has 0 radical (unpaired) electrons. The van der Waals surface area contributed by atoms with Gasteiger partial charge in [0.1, 0.15) is 0 Å². The SMILES string of the molecule is COC1(OC)C=C(CO[Si](c2ccccc2)(c2ccccc2)C(C)(C)C)C=CC12OC(=O)C(C)(C)O2. The van der Waals surface area contributed by atoms with Crippen molar-refractivity contribution in [3.63, 3.8) is 0 Å². The summed E-state index contributed by atoms with van der Waals surface area (Å²) in [5, 5.41) is 2.23. The Bertz CT molecular complexity index is 1110. The van der Waals surface area contributed by atoms with Gasteiger partial charge < -0.3 is 23.4 Å². The van der Waals surface area contributed by atoms with Crippen LogP contribution in [0.4, 0.5) is 0 Å². The number of carbonyl (C=O) groups excluding carboxylic acids is 1. The van der Waals surface area contributed by atoms with E-state index in [9.17, 15) is 4.79 Å². The lowest BCUT2D eigenvalue weighted by Gasteiger charge is -2.44. The van der Waals surface area contributed by atoms with Crippen molar-refractivity contribution in [2.75, 3.05) is 20.8 Å². The molecule has 1 unspecified atom stereocenters. The fraction of sp³-hybridized carbons (Fsp3) is 0.414. The summed E-state index contributed by atoms with van der Waals surface area (Å²) in [6.45, 7) is 10.4. The molecule has 1 aliphatic carbocycles. The standard InChI is InChI=1S/C29H36O6Si/c1-26(2,3)36(23-14-10-8-11-15-23,24-16-12-9-13-17-24)33-21-22-18-19-28(29(20-22,31-6)32-7)34-25(30)27(4,5)35-28/h8-20H,21H2,1-7H3. The Morgan fingerprint density at radius 2 is 1.42 bits per heavy atom. The molecule has 36 heavy (non-hydrogen) atoms. The number of hydrogen-bond donors (Lipinski definition) is 0. The van der Waals surface area contributed by atoms with E-state index >= 15 is 0 Å². The predicted octanol–water partition coefficient (Wildman–Crippen LogP) is 4.10. The van der Waals surface area contributed by atoms with Crippen LogP contribution in [-0.2, 0) is 28.2 Å². The molecule has 2 aliphatic rings. The smallest absolute Gasteiger partial charge is 0.340 e. The maximum Gasteiger partial charge on any atom is 0.340 e. The van der Waals surface area contributed by atoms with Gasteiger partial charge in [0.2, 0.25) is 0 Å². The van der Waals surface area contributed by atoms with Crippen LogP contribution in [0.1, 0.15) is 34.6 Å². The molecule has 6 nitrogen and oxygen atoms in total. The van der Waals surface area contributed by atoms with Gasteiger partial charge in [0.25, 0.3) is 19.9 Å². The molecule has 1 heterocycles. The van der Waals surface area contributed by atoms with Crippen LogP contribution in [0, 0.1) is 0 Å². The Labute approximate surface area is 215 Å². The molecule has 2 aromatic rings. The first-order chi connectivity index (χ1) is 17.0. The number of ether oxygens (including phenoxy) is 4. The Balaban J connectivity index is 1.75.